The number of hydrogen-bond acceptors (Lipinski definition) is 3. The molecule has 3 nitrogen and oxygen atoms in total. The van der Waals surface area contributed by atoms with Gasteiger partial charge in [0.25, 0.3) is 0 Å². The molecule has 0 aliphatic rings. The molecule has 0 spiro atoms. The molecular weight excluding hydrogens is 164 g/mol. The highest BCUT2D eigenvalue weighted by Gasteiger charge is 2.03. The first-order valence-corrected chi connectivity index (χ1v) is 4.11. The number of nitrogens with one attached hydrogen (secondary N) is 1. The summed E-state index contributed by atoms with van der Waals surface area (Å²) in [7, 11) is 1.74. The lowest BCUT2D eigenvalue weighted by atomic mass is 10.3. The number of para-hydroxylation sites is 1. The Labute approximate surface area is 77.9 Å². The van der Waals surface area contributed by atoms with Crippen LogP contribution in [0.25, 0.3) is 0 Å². The van der Waals surface area contributed by atoms with E-state index in [0.29, 0.717) is 6.61 Å². The Morgan fingerprint density at radius 1 is 1.46 bits per heavy atom. The van der Waals surface area contributed by atoms with Crippen LogP contribution in [0, 0.1) is 11.3 Å². The third-order valence-corrected chi connectivity index (χ3v) is 1.66. The van der Waals surface area contributed by atoms with Crippen LogP contribution in [-0.4, -0.2) is 19.7 Å². The van der Waals surface area contributed by atoms with Crippen LogP contribution < -0.4 is 10.1 Å². The van der Waals surface area contributed by atoms with Gasteiger partial charge in [0.15, 0.2) is 0 Å². The van der Waals surface area contributed by atoms with Crippen LogP contribution in [0.2, 0.25) is 0 Å². The van der Waals surface area contributed by atoms with Gasteiger partial charge >= 0.3 is 0 Å². The molecule has 0 saturated heterocycles. The van der Waals surface area contributed by atoms with Crippen molar-refractivity contribution in [2.45, 2.75) is 6.04 Å². The highest BCUT2D eigenvalue weighted by Crippen LogP contribution is 2.08. The van der Waals surface area contributed by atoms with Crippen LogP contribution in [0.1, 0.15) is 0 Å². The van der Waals surface area contributed by atoms with E-state index in [2.05, 4.69) is 11.4 Å². The first-order chi connectivity index (χ1) is 6.36. The van der Waals surface area contributed by atoms with Crippen molar-refractivity contribution in [3.05, 3.63) is 30.3 Å². The lowest BCUT2D eigenvalue weighted by Gasteiger charge is -2.09. The Morgan fingerprint density at radius 3 is 2.69 bits per heavy atom. The molecule has 13 heavy (non-hydrogen) atoms. The molecule has 0 saturated carbocycles. The van der Waals surface area contributed by atoms with Crippen molar-refractivity contribution < 1.29 is 4.74 Å². The van der Waals surface area contributed by atoms with Gasteiger partial charge in [-0.05, 0) is 19.2 Å². The summed E-state index contributed by atoms with van der Waals surface area (Å²) in [4.78, 5) is 0. The van der Waals surface area contributed by atoms with E-state index in [-0.39, 0.29) is 6.04 Å². The summed E-state index contributed by atoms with van der Waals surface area (Å²) >= 11 is 0. The second-order valence-electron chi connectivity index (χ2n) is 2.59. The molecule has 3 heteroatoms. The van der Waals surface area contributed by atoms with E-state index in [9.17, 15) is 0 Å². The molecule has 0 bridgehead atoms. The maximum Gasteiger partial charge on any atom is 0.129 e. The van der Waals surface area contributed by atoms with Crippen molar-refractivity contribution in [1.82, 2.24) is 5.32 Å². The normalized spacial score (nSPS) is 11.7. The number of hydrogen-bond donors (Lipinski definition) is 1. The summed E-state index contributed by atoms with van der Waals surface area (Å²) < 4.78 is 5.36. The van der Waals surface area contributed by atoms with Gasteiger partial charge in [-0.3, -0.25) is 0 Å². The van der Waals surface area contributed by atoms with Gasteiger partial charge < -0.3 is 10.1 Å². The molecule has 1 unspecified atom stereocenters. The number of likely N-dealkylation sites (N-methyl/N-ethyl adjacent to an activating group) is 1. The van der Waals surface area contributed by atoms with Crippen molar-refractivity contribution in [3.63, 3.8) is 0 Å². The topological polar surface area (TPSA) is 45.0 Å². The minimum atomic E-state index is -0.250. The second kappa shape index (κ2) is 5.18. The average molecular weight is 176 g/mol. The monoisotopic (exact) mass is 176 g/mol. The molecule has 0 amide bonds. The van der Waals surface area contributed by atoms with Gasteiger partial charge in [0.2, 0.25) is 0 Å². The highest BCUT2D eigenvalue weighted by molar-refractivity contribution is 5.21. The van der Waals surface area contributed by atoms with Gasteiger partial charge in [0.05, 0.1) is 6.07 Å². The van der Waals surface area contributed by atoms with Crippen molar-refractivity contribution >= 4 is 0 Å². The average Bonchev–Trinajstić information content (AvgIpc) is 2.21. The molecule has 0 heterocycles. The third-order valence-electron chi connectivity index (χ3n) is 1.66. The summed E-state index contributed by atoms with van der Waals surface area (Å²) in [6.45, 7) is 0.372. The van der Waals surface area contributed by atoms with E-state index >= 15 is 0 Å². The summed E-state index contributed by atoms with van der Waals surface area (Å²) in [5.74, 6) is 0.790. The first kappa shape index (κ1) is 9.56. The molecule has 1 aromatic carbocycles. The fraction of sp³-hybridized carbons (Fsp3) is 0.300. The number of ether oxygens (including phenoxy) is 1. The predicted octanol–water partition coefficient (Wildman–Crippen LogP) is 1.18. The van der Waals surface area contributed by atoms with Crippen LogP contribution in [0.3, 0.4) is 0 Å². The van der Waals surface area contributed by atoms with Gasteiger partial charge in [-0.2, -0.15) is 5.26 Å². The third kappa shape index (κ3) is 3.14. The van der Waals surface area contributed by atoms with Gasteiger partial charge in [0, 0.05) is 0 Å². The summed E-state index contributed by atoms with van der Waals surface area (Å²) in [6, 6.07) is 11.3. The van der Waals surface area contributed by atoms with Crippen LogP contribution in [0.4, 0.5) is 0 Å². The van der Waals surface area contributed by atoms with E-state index in [4.69, 9.17) is 10.00 Å². The van der Waals surface area contributed by atoms with Crippen molar-refractivity contribution in [3.8, 4) is 11.8 Å². The summed E-state index contributed by atoms with van der Waals surface area (Å²) in [5, 5.41) is 11.4. The molecule has 0 aromatic heterocycles. The fourth-order valence-corrected chi connectivity index (χ4v) is 0.881. The summed E-state index contributed by atoms with van der Waals surface area (Å²) in [6.07, 6.45) is 0. The first-order valence-electron chi connectivity index (χ1n) is 4.11. The van der Waals surface area contributed by atoms with Crippen molar-refractivity contribution in [2.24, 2.45) is 0 Å². The number of rotatable bonds is 4. The molecule has 68 valence electrons. The fourth-order valence-electron chi connectivity index (χ4n) is 0.881. The molecule has 1 N–H and O–H groups in total. The summed E-state index contributed by atoms with van der Waals surface area (Å²) in [5.41, 5.74) is 0. The minimum absolute atomic E-state index is 0.250. The van der Waals surface area contributed by atoms with Crippen LogP contribution in [0.5, 0.6) is 5.75 Å². The zero-order valence-corrected chi connectivity index (χ0v) is 7.53. The molecule has 0 aliphatic heterocycles. The number of nitriles is 1. The quantitative estimate of drug-likeness (QED) is 0.749. The second-order valence-corrected chi connectivity index (χ2v) is 2.59. The Kier molecular flexibility index (Phi) is 3.80. The lowest BCUT2D eigenvalue weighted by molar-refractivity contribution is 0.295. The predicted molar refractivity (Wildman–Crippen MR) is 50.4 cm³/mol. The number of nitrogens with zero attached hydrogens (tertiary/aromatic N) is 1. The number of benzene rings is 1. The Morgan fingerprint density at radius 2 is 2.15 bits per heavy atom. The van der Waals surface area contributed by atoms with Gasteiger partial charge in [-0.1, -0.05) is 18.2 Å². The Bertz CT molecular complexity index is 279. The van der Waals surface area contributed by atoms with Gasteiger partial charge in [0.1, 0.15) is 18.4 Å². The maximum absolute atomic E-state index is 8.61. The van der Waals surface area contributed by atoms with E-state index in [1.54, 1.807) is 7.05 Å². The molecular formula is C10H12N2O. The van der Waals surface area contributed by atoms with Crippen LogP contribution >= 0.6 is 0 Å². The van der Waals surface area contributed by atoms with E-state index in [0.717, 1.165) is 5.75 Å². The largest absolute Gasteiger partial charge is 0.491 e. The van der Waals surface area contributed by atoms with E-state index in [1.807, 2.05) is 30.3 Å². The molecule has 1 atom stereocenters. The van der Waals surface area contributed by atoms with E-state index in [1.165, 1.54) is 0 Å². The van der Waals surface area contributed by atoms with Crippen LogP contribution in [0.15, 0.2) is 30.3 Å². The van der Waals surface area contributed by atoms with Crippen molar-refractivity contribution in [2.75, 3.05) is 13.7 Å². The lowest BCUT2D eigenvalue weighted by Crippen LogP contribution is -2.29. The highest BCUT2D eigenvalue weighted by atomic mass is 16.5. The molecule has 0 aliphatic carbocycles. The van der Waals surface area contributed by atoms with E-state index < -0.39 is 0 Å². The standard InChI is InChI=1S/C10H12N2O/c1-12-9(7-11)8-13-10-5-3-2-4-6-10/h2-6,9,12H,8H2,1H3. The molecule has 0 radical (unpaired) electrons. The zero-order chi connectivity index (χ0) is 9.52. The Hall–Kier alpha value is -1.53. The zero-order valence-electron chi connectivity index (χ0n) is 7.53. The SMILES string of the molecule is CNC(C#N)COc1ccccc1. The molecule has 1 aromatic rings. The molecule has 0 fully saturated rings. The smallest absolute Gasteiger partial charge is 0.129 e. The van der Waals surface area contributed by atoms with Crippen molar-refractivity contribution in [1.29, 1.82) is 5.26 Å². The Balaban J connectivity index is 2.40. The molecule has 1 rings (SSSR count). The van der Waals surface area contributed by atoms with Crippen LogP contribution in [-0.2, 0) is 0 Å². The maximum atomic E-state index is 8.61. The van der Waals surface area contributed by atoms with Gasteiger partial charge in [-0.25, -0.2) is 0 Å². The minimum Gasteiger partial charge on any atom is -0.491 e. The van der Waals surface area contributed by atoms with Gasteiger partial charge in [-0.15, -0.1) is 0 Å².